The first kappa shape index (κ1) is 15.0. The summed E-state index contributed by atoms with van der Waals surface area (Å²) in [5.41, 5.74) is 1.62. The van der Waals surface area contributed by atoms with Gasteiger partial charge < -0.3 is 0 Å². The minimum atomic E-state index is -3.04. The first-order chi connectivity index (χ1) is 8.23. The minimum Gasteiger partial charge on any atom is -0.229 e. The average Bonchev–Trinajstić information content (AvgIpc) is 2.26. The van der Waals surface area contributed by atoms with Crippen molar-refractivity contribution in [2.24, 2.45) is 0 Å². The van der Waals surface area contributed by atoms with E-state index in [0.29, 0.717) is 6.42 Å². The lowest BCUT2D eigenvalue weighted by Crippen LogP contribution is -2.29. The van der Waals surface area contributed by atoms with Crippen molar-refractivity contribution in [2.45, 2.75) is 32.6 Å². The van der Waals surface area contributed by atoms with E-state index in [1.54, 1.807) is 0 Å². The highest BCUT2D eigenvalue weighted by atomic mass is 32.2. The molecule has 0 aliphatic carbocycles. The molecule has 1 rings (SSSR count). The van der Waals surface area contributed by atoms with Crippen molar-refractivity contribution in [3.05, 3.63) is 48.0 Å². The molecule has 2 nitrogen and oxygen atoms in total. The highest BCUT2D eigenvalue weighted by Crippen LogP contribution is 2.25. The Hall–Kier alpha value is -1.09. The molecule has 3 heteroatoms. The molecule has 0 atom stereocenters. The van der Waals surface area contributed by atoms with Crippen LogP contribution in [0.1, 0.15) is 32.8 Å². The second kappa shape index (κ2) is 5.70. The van der Waals surface area contributed by atoms with Crippen molar-refractivity contribution >= 4 is 9.84 Å². The molecule has 0 saturated carbocycles. The molecular weight excluding hydrogens is 244 g/mol. The van der Waals surface area contributed by atoms with Crippen LogP contribution in [0.3, 0.4) is 0 Å². The van der Waals surface area contributed by atoms with Crippen LogP contribution in [0, 0.1) is 0 Å². The van der Waals surface area contributed by atoms with Crippen molar-refractivity contribution in [3.63, 3.8) is 0 Å². The second-order valence-corrected chi connectivity index (χ2v) is 7.73. The predicted molar refractivity (Wildman–Crippen MR) is 77.6 cm³/mol. The smallest absolute Gasteiger partial charge is 0.151 e. The second-order valence-electron chi connectivity index (χ2n) is 5.55. The number of allylic oxidation sites excluding steroid dienone is 1. The fourth-order valence-electron chi connectivity index (χ4n) is 1.92. The average molecular weight is 266 g/mol. The summed E-state index contributed by atoms with van der Waals surface area (Å²) in [5, 5.41) is 0. The number of hydrogen-bond donors (Lipinski definition) is 0. The van der Waals surface area contributed by atoms with Gasteiger partial charge in [0, 0.05) is 5.41 Å². The summed E-state index contributed by atoms with van der Waals surface area (Å²) < 4.78 is 24.2. The SMILES string of the molecule is C=C(C)CCS(=O)(=O)CC(C)(C)c1ccccc1. The lowest BCUT2D eigenvalue weighted by atomic mass is 9.87. The topological polar surface area (TPSA) is 34.1 Å². The van der Waals surface area contributed by atoms with E-state index in [-0.39, 0.29) is 16.9 Å². The molecule has 100 valence electrons. The van der Waals surface area contributed by atoms with Gasteiger partial charge in [0.25, 0.3) is 0 Å². The van der Waals surface area contributed by atoms with Gasteiger partial charge in [0.05, 0.1) is 11.5 Å². The van der Waals surface area contributed by atoms with Crippen LogP contribution in [0.25, 0.3) is 0 Å². The molecule has 0 aliphatic heterocycles. The van der Waals surface area contributed by atoms with Gasteiger partial charge in [-0.3, -0.25) is 0 Å². The molecule has 0 N–H and O–H groups in total. The van der Waals surface area contributed by atoms with Gasteiger partial charge >= 0.3 is 0 Å². The number of hydrogen-bond acceptors (Lipinski definition) is 2. The highest BCUT2D eigenvalue weighted by Gasteiger charge is 2.27. The Kier molecular flexibility index (Phi) is 4.74. The minimum absolute atomic E-state index is 0.178. The molecule has 0 bridgehead atoms. The van der Waals surface area contributed by atoms with Crippen molar-refractivity contribution in [3.8, 4) is 0 Å². The van der Waals surface area contributed by atoms with Gasteiger partial charge in [-0.15, -0.1) is 6.58 Å². The van der Waals surface area contributed by atoms with Crippen LogP contribution in [-0.4, -0.2) is 19.9 Å². The van der Waals surface area contributed by atoms with Crippen molar-refractivity contribution < 1.29 is 8.42 Å². The largest absolute Gasteiger partial charge is 0.229 e. The molecular formula is C15H22O2S. The fraction of sp³-hybridized carbons (Fsp3) is 0.467. The van der Waals surface area contributed by atoms with E-state index in [9.17, 15) is 8.42 Å². The van der Waals surface area contributed by atoms with Crippen LogP contribution in [0.2, 0.25) is 0 Å². The summed E-state index contributed by atoms with van der Waals surface area (Å²) in [5.74, 6) is 0.371. The zero-order valence-corrected chi connectivity index (χ0v) is 12.3. The predicted octanol–water partition coefficient (Wildman–Crippen LogP) is 3.35. The molecule has 0 radical (unpaired) electrons. The first-order valence-corrected chi connectivity index (χ1v) is 7.95. The van der Waals surface area contributed by atoms with Crippen LogP contribution < -0.4 is 0 Å². The quantitative estimate of drug-likeness (QED) is 0.740. The van der Waals surface area contributed by atoms with Gasteiger partial charge in [-0.2, -0.15) is 0 Å². The Labute approximate surface area is 111 Å². The standard InChI is InChI=1S/C15H22O2S/c1-13(2)10-11-18(16,17)12-15(3,4)14-8-6-5-7-9-14/h5-9H,1,10-12H2,2-4H3. The summed E-state index contributed by atoms with van der Waals surface area (Å²) in [6, 6.07) is 9.78. The lowest BCUT2D eigenvalue weighted by Gasteiger charge is -2.25. The summed E-state index contributed by atoms with van der Waals surface area (Å²) in [6.45, 7) is 9.55. The molecule has 18 heavy (non-hydrogen) atoms. The normalized spacial score (nSPS) is 12.4. The molecule has 0 heterocycles. The Morgan fingerprint density at radius 2 is 1.78 bits per heavy atom. The van der Waals surface area contributed by atoms with Crippen LogP contribution in [-0.2, 0) is 15.3 Å². The number of sulfone groups is 1. The molecule has 0 fully saturated rings. The Bertz CT molecular complexity index is 499. The molecule has 1 aromatic rings. The lowest BCUT2D eigenvalue weighted by molar-refractivity contribution is 0.547. The van der Waals surface area contributed by atoms with E-state index in [2.05, 4.69) is 6.58 Å². The van der Waals surface area contributed by atoms with E-state index in [4.69, 9.17) is 0 Å². The monoisotopic (exact) mass is 266 g/mol. The molecule has 0 saturated heterocycles. The summed E-state index contributed by atoms with van der Waals surface area (Å²) in [7, 11) is -3.04. The third-order valence-corrected chi connectivity index (χ3v) is 4.96. The third kappa shape index (κ3) is 4.65. The van der Waals surface area contributed by atoms with Gasteiger partial charge in [0.15, 0.2) is 9.84 Å². The molecule has 0 spiro atoms. The van der Waals surface area contributed by atoms with Gasteiger partial charge in [-0.25, -0.2) is 8.42 Å². The van der Waals surface area contributed by atoms with Gasteiger partial charge in [0.1, 0.15) is 0 Å². The van der Waals surface area contributed by atoms with E-state index in [0.717, 1.165) is 11.1 Å². The van der Waals surface area contributed by atoms with E-state index in [1.807, 2.05) is 51.1 Å². The number of benzene rings is 1. The van der Waals surface area contributed by atoms with Crippen LogP contribution in [0.15, 0.2) is 42.5 Å². The number of rotatable bonds is 6. The summed E-state index contributed by atoms with van der Waals surface area (Å²) >= 11 is 0. The fourth-order valence-corrected chi connectivity index (χ4v) is 3.99. The summed E-state index contributed by atoms with van der Waals surface area (Å²) in [4.78, 5) is 0. The molecule has 0 aromatic heterocycles. The van der Waals surface area contributed by atoms with Gasteiger partial charge in [0.2, 0.25) is 0 Å². The zero-order chi connectivity index (χ0) is 13.8. The molecule has 0 unspecified atom stereocenters. The van der Waals surface area contributed by atoms with E-state index in [1.165, 1.54) is 0 Å². The van der Waals surface area contributed by atoms with Crippen LogP contribution >= 0.6 is 0 Å². The molecule has 1 aromatic carbocycles. The molecule has 0 aliphatic rings. The zero-order valence-electron chi connectivity index (χ0n) is 11.4. The van der Waals surface area contributed by atoms with E-state index >= 15 is 0 Å². The van der Waals surface area contributed by atoms with E-state index < -0.39 is 9.84 Å². The third-order valence-electron chi connectivity index (χ3n) is 2.98. The van der Waals surface area contributed by atoms with Crippen molar-refractivity contribution in [1.82, 2.24) is 0 Å². The maximum absolute atomic E-state index is 12.1. The van der Waals surface area contributed by atoms with Crippen molar-refractivity contribution in [2.75, 3.05) is 11.5 Å². The summed E-state index contributed by atoms with van der Waals surface area (Å²) in [6.07, 6.45) is 0.549. The Morgan fingerprint density at radius 1 is 1.22 bits per heavy atom. The van der Waals surface area contributed by atoms with Crippen LogP contribution in [0.5, 0.6) is 0 Å². The Balaban J connectivity index is 2.80. The maximum Gasteiger partial charge on any atom is 0.151 e. The maximum atomic E-state index is 12.1. The van der Waals surface area contributed by atoms with Gasteiger partial charge in [-0.1, -0.05) is 49.8 Å². The Morgan fingerprint density at radius 3 is 2.28 bits per heavy atom. The highest BCUT2D eigenvalue weighted by molar-refractivity contribution is 7.91. The first-order valence-electron chi connectivity index (χ1n) is 6.13. The van der Waals surface area contributed by atoms with Crippen molar-refractivity contribution in [1.29, 1.82) is 0 Å². The van der Waals surface area contributed by atoms with Gasteiger partial charge in [-0.05, 0) is 18.9 Å². The van der Waals surface area contributed by atoms with Crippen LogP contribution in [0.4, 0.5) is 0 Å². The molecule has 0 amide bonds.